The van der Waals surface area contributed by atoms with Gasteiger partial charge in [-0.3, -0.25) is 0 Å². The first-order chi connectivity index (χ1) is 10.9. The summed E-state index contributed by atoms with van der Waals surface area (Å²) in [5, 5.41) is 0. The van der Waals surface area contributed by atoms with Crippen LogP contribution in [0.1, 0.15) is 11.3 Å². The molecule has 8 heteroatoms. The van der Waals surface area contributed by atoms with Crippen LogP contribution in [-0.4, -0.2) is 20.6 Å². The highest BCUT2D eigenvalue weighted by Gasteiger charge is 2.54. The second-order valence-corrected chi connectivity index (χ2v) is 8.16. The third-order valence-corrected chi connectivity index (χ3v) is 6.02. The van der Waals surface area contributed by atoms with Crippen molar-refractivity contribution in [1.29, 1.82) is 0 Å². The Balaban J connectivity index is 2.09. The van der Waals surface area contributed by atoms with E-state index in [0.717, 1.165) is 23.7 Å². The van der Waals surface area contributed by atoms with Crippen molar-refractivity contribution in [1.82, 2.24) is 4.48 Å². The second kappa shape index (κ2) is 5.39. The number of fused-ring (bicyclic) bond motifs is 2. The smallest absolute Gasteiger partial charge is 0.389 e. The maximum atomic E-state index is 15.0. The first kappa shape index (κ1) is 15.8. The van der Waals surface area contributed by atoms with Crippen molar-refractivity contribution in [3.05, 3.63) is 73.7 Å². The number of benzene rings is 1. The first-order valence-corrected chi connectivity index (χ1v) is 9.47. The Kier molecular flexibility index (Phi) is 3.69. The molecule has 116 valence electrons. The van der Waals surface area contributed by atoms with Gasteiger partial charge in [0.25, 0.3) is 0 Å². The molecule has 2 aliphatic rings. The van der Waals surface area contributed by atoms with Gasteiger partial charge in [0.05, 0.1) is 10.2 Å². The van der Waals surface area contributed by atoms with Crippen LogP contribution in [0.3, 0.4) is 0 Å². The van der Waals surface area contributed by atoms with Crippen LogP contribution in [0.2, 0.25) is 0 Å². The van der Waals surface area contributed by atoms with Crippen LogP contribution in [-0.2, 0) is 0 Å². The molecule has 0 spiro atoms. The number of hydrogen-bond donors (Lipinski definition) is 0. The standard InChI is InChI=1S/C15H8BBr2F2IN2/c17-13-7-5-11-15(9-1-3-10(21)4-2-9)12-6-8-14(18)23(12)16(19,20)22(11)13/h1-8H. The van der Waals surface area contributed by atoms with E-state index in [9.17, 15) is 0 Å². The summed E-state index contributed by atoms with van der Waals surface area (Å²) < 4.78 is 34.1. The molecule has 0 radical (unpaired) electrons. The molecule has 1 aromatic heterocycles. The summed E-state index contributed by atoms with van der Waals surface area (Å²) in [7, 11) is 0. The van der Waals surface area contributed by atoms with Crippen LogP contribution < -0.4 is 0 Å². The predicted octanol–water partition coefficient (Wildman–Crippen LogP) is 5.23. The number of aromatic nitrogens is 1. The molecule has 0 N–H and O–H groups in total. The van der Waals surface area contributed by atoms with Crippen molar-refractivity contribution in [3.8, 4) is 0 Å². The molecule has 0 amide bonds. The molecule has 2 aromatic rings. The average molecular weight is 552 g/mol. The molecule has 0 atom stereocenters. The van der Waals surface area contributed by atoms with E-state index in [1.165, 1.54) is 0 Å². The molecular formula is C15H8BBr2F2IN2. The van der Waals surface area contributed by atoms with E-state index < -0.39 is 6.97 Å². The van der Waals surface area contributed by atoms with Crippen molar-refractivity contribution in [2.75, 3.05) is 0 Å². The van der Waals surface area contributed by atoms with Gasteiger partial charge < -0.3 is 17.6 Å². The number of rotatable bonds is 1. The molecule has 0 aliphatic carbocycles. The fourth-order valence-corrected chi connectivity index (χ4v) is 4.54. The van der Waals surface area contributed by atoms with Gasteiger partial charge in [-0.25, -0.2) is 0 Å². The lowest BCUT2D eigenvalue weighted by Gasteiger charge is -2.32. The molecule has 0 saturated heterocycles. The summed E-state index contributed by atoms with van der Waals surface area (Å²) in [6.45, 7) is -3.95. The molecule has 3 heterocycles. The minimum Gasteiger partial charge on any atom is -0.389 e. The Bertz CT molecular complexity index is 929. The van der Waals surface area contributed by atoms with Gasteiger partial charge in [-0.15, -0.1) is 0 Å². The maximum absolute atomic E-state index is 15.0. The highest BCUT2D eigenvalue weighted by Crippen LogP contribution is 2.41. The minimum atomic E-state index is -3.95. The third kappa shape index (κ3) is 2.25. The van der Waals surface area contributed by atoms with Gasteiger partial charge in [-0.1, -0.05) is 12.1 Å². The van der Waals surface area contributed by atoms with E-state index in [2.05, 4.69) is 54.5 Å². The van der Waals surface area contributed by atoms with Gasteiger partial charge in [0.15, 0.2) is 5.70 Å². The molecule has 2 nitrogen and oxygen atoms in total. The van der Waals surface area contributed by atoms with Crippen LogP contribution in [0.4, 0.5) is 8.63 Å². The Morgan fingerprint density at radius 1 is 1.00 bits per heavy atom. The minimum absolute atomic E-state index is 0.367. The van der Waals surface area contributed by atoms with Crippen molar-refractivity contribution in [3.63, 3.8) is 0 Å². The molecule has 1 aromatic carbocycles. The fourth-order valence-electron chi connectivity index (χ4n) is 3.04. The van der Waals surface area contributed by atoms with E-state index in [1.54, 1.807) is 24.3 Å². The number of nitrogens with zero attached hydrogens (tertiary/aromatic N) is 2. The Labute approximate surface area is 162 Å². The largest absolute Gasteiger partial charge is 0.738 e. The summed E-state index contributed by atoms with van der Waals surface area (Å²) in [6, 6.07) is 11.3. The van der Waals surface area contributed by atoms with Gasteiger partial charge in [0.1, 0.15) is 0 Å². The van der Waals surface area contributed by atoms with Crippen molar-refractivity contribution >= 4 is 71.6 Å². The van der Waals surface area contributed by atoms with Gasteiger partial charge in [0, 0.05) is 37.3 Å². The zero-order chi connectivity index (χ0) is 16.4. The van der Waals surface area contributed by atoms with Crippen molar-refractivity contribution < 1.29 is 13.1 Å². The lowest BCUT2D eigenvalue weighted by atomic mass is 9.86. The van der Waals surface area contributed by atoms with Gasteiger partial charge in [-0.2, -0.15) is 0 Å². The monoisotopic (exact) mass is 550 g/mol. The molecule has 23 heavy (non-hydrogen) atoms. The van der Waals surface area contributed by atoms with Crippen LogP contribution in [0, 0.1) is 3.57 Å². The van der Waals surface area contributed by atoms with E-state index in [1.807, 2.05) is 24.3 Å². The summed E-state index contributed by atoms with van der Waals surface area (Å²) >= 11 is 8.75. The number of halogens is 5. The highest BCUT2D eigenvalue weighted by atomic mass is 127. The van der Waals surface area contributed by atoms with E-state index >= 15 is 8.63 Å². The summed E-state index contributed by atoms with van der Waals surface area (Å²) in [6.07, 6.45) is 3.40. The Hall–Kier alpha value is -0.735. The summed E-state index contributed by atoms with van der Waals surface area (Å²) in [5.74, 6) is 0. The molecule has 0 fully saturated rings. The second-order valence-electron chi connectivity index (χ2n) is 5.29. The normalized spacial score (nSPS) is 18.5. The Morgan fingerprint density at radius 3 is 2.39 bits per heavy atom. The van der Waals surface area contributed by atoms with Crippen molar-refractivity contribution in [2.45, 2.75) is 0 Å². The van der Waals surface area contributed by atoms with E-state index in [0.29, 0.717) is 20.6 Å². The van der Waals surface area contributed by atoms with Crippen LogP contribution in [0.5, 0.6) is 0 Å². The van der Waals surface area contributed by atoms with Gasteiger partial charge in [0.2, 0.25) is 4.62 Å². The maximum Gasteiger partial charge on any atom is 0.738 e. The SMILES string of the molecule is F[B-]1(F)n2c(Br)ccc2C(c2ccc(I)cc2)=C2C=CC(Br)=[N+]21. The summed E-state index contributed by atoms with van der Waals surface area (Å²) in [5.41, 5.74) is 2.74. The van der Waals surface area contributed by atoms with Crippen LogP contribution in [0.15, 0.2) is 58.9 Å². The predicted molar refractivity (Wildman–Crippen MR) is 104 cm³/mol. The fraction of sp³-hybridized carbons (Fsp3) is 0. The molecule has 2 aliphatic heterocycles. The van der Waals surface area contributed by atoms with Gasteiger partial charge in [-0.05, 0) is 68.3 Å². The lowest BCUT2D eigenvalue weighted by molar-refractivity contribution is -0.358. The first-order valence-electron chi connectivity index (χ1n) is 6.81. The highest BCUT2D eigenvalue weighted by molar-refractivity contribution is 14.1. The number of hydrogen-bond acceptors (Lipinski definition) is 0. The molecule has 0 bridgehead atoms. The Morgan fingerprint density at radius 2 is 1.70 bits per heavy atom. The van der Waals surface area contributed by atoms with Crippen LogP contribution in [0.25, 0.3) is 5.57 Å². The topological polar surface area (TPSA) is 7.94 Å². The summed E-state index contributed by atoms with van der Waals surface area (Å²) in [4.78, 5) is 0. The van der Waals surface area contributed by atoms with Crippen molar-refractivity contribution in [2.24, 2.45) is 0 Å². The molecular weight excluding hydrogens is 544 g/mol. The van der Waals surface area contributed by atoms with Crippen LogP contribution >= 0.6 is 54.5 Å². The molecule has 0 unspecified atom stereocenters. The third-order valence-electron chi connectivity index (χ3n) is 4.00. The van der Waals surface area contributed by atoms with E-state index in [-0.39, 0.29) is 0 Å². The average Bonchev–Trinajstić information content (AvgIpc) is 3.06. The molecule has 0 saturated carbocycles. The quantitative estimate of drug-likeness (QED) is 0.339. The lowest BCUT2D eigenvalue weighted by Crippen LogP contribution is -2.50. The zero-order valence-corrected chi connectivity index (χ0v) is 16.8. The molecule has 4 rings (SSSR count). The number of allylic oxidation sites excluding steroid dienone is 2. The van der Waals surface area contributed by atoms with E-state index in [4.69, 9.17) is 0 Å². The van der Waals surface area contributed by atoms with Gasteiger partial charge >= 0.3 is 6.97 Å². The zero-order valence-electron chi connectivity index (χ0n) is 11.5.